The first-order chi connectivity index (χ1) is 6.13. The third-order valence-electron chi connectivity index (χ3n) is 2.64. The fraction of sp³-hybridized carbons (Fsp3) is 0.818. The molecule has 0 aromatic heterocycles. The highest BCUT2D eigenvalue weighted by Crippen LogP contribution is 2.32. The van der Waals surface area contributed by atoms with Gasteiger partial charge in [0.1, 0.15) is 0 Å². The lowest BCUT2D eigenvalue weighted by atomic mass is 9.76. The lowest BCUT2D eigenvalue weighted by Gasteiger charge is -2.35. The van der Waals surface area contributed by atoms with Crippen LogP contribution in [-0.2, 0) is 9.47 Å². The molecule has 0 N–H and O–H groups in total. The molecule has 2 nitrogen and oxygen atoms in total. The lowest BCUT2D eigenvalue weighted by Crippen LogP contribution is -2.36. The maximum absolute atomic E-state index is 5.25. The van der Waals surface area contributed by atoms with Crippen molar-refractivity contribution in [3.63, 3.8) is 0 Å². The van der Waals surface area contributed by atoms with Crippen molar-refractivity contribution < 1.29 is 9.47 Å². The van der Waals surface area contributed by atoms with Gasteiger partial charge in [-0.2, -0.15) is 0 Å². The molecule has 0 unspecified atom stereocenters. The van der Waals surface area contributed by atoms with Gasteiger partial charge in [0, 0.05) is 19.6 Å². The summed E-state index contributed by atoms with van der Waals surface area (Å²) in [6, 6.07) is 0. The van der Waals surface area contributed by atoms with Gasteiger partial charge < -0.3 is 9.47 Å². The Morgan fingerprint density at radius 2 is 1.69 bits per heavy atom. The van der Waals surface area contributed by atoms with Crippen molar-refractivity contribution in [2.24, 2.45) is 11.3 Å². The van der Waals surface area contributed by atoms with Crippen LogP contribution in [0.15, 0.2) is 12.7 Å². The highest BCUT2D eigenvalue weighted by atomic mass is 16.5. The molecule has 0 spiro atoms. The molecule has 0 aliphatic heterocycles. The molecule has 0 radical (unpaired) electrons. The van der Waals surface area contributed by atoms with Crippen molar-refractivity contribution in [1.29, 1.82) is 0 Å². The van der Waals surface area contributed by atoms with Crippen LogP contribution in [0.5, 0.6) is 0 Å². The molecule has 0 bridgehead atoms. The van der Waals surface area contributed by atoms with Crippen LogP contribution >= 0.6 is 0 Å². The summed E-state index contributed by atoms with van der Waals surface area (Å²) < 4.78 is 10.5. The minimum absolute atomic E-state index is 0.0885. The number of methoxy groups -OCH3 is 2. The largest absolute Gasteiger partial charge is 0.384 e. The van der Waals surface area contributed by atoms with Gasteiger partial charge in [-0.1, -0.05) is 19.9 Å². The monoisotopic (exact) mass is 186 g/mol. The number of hydrogen-bond donors (Lipinski definition) is 0. The number of rotatable bonds is 7. The van der Waals surface area contributed by atoms with E-state index in [1.807, 2.05) is 6.08 Å². The Hall–Kier alpha value is -0.340. The summed E-state index contributed by atoms with van der Waals surface area (Å²) in [6.45, 7) is 9.63. The molecule has 0 saturated heterocycles. The predicted molar refractivity (Wildman–Crippen MR) is 55.8 cm³/mol. The Morgan fingerprint density at radius 1 is 1.23 bits per heavy atom. The normalized spacial score (nSPS) is 12.1. The van der Waals surface area contributed by atoms with Gasteiger partial charge >= 0.3 is 0 Å². The van der Waals surface area contributed by atoms with E-state index in [9.17, 15) is 0 Å². The van der Waals surface area contributed by atoms with Crippen LogP contribution in [-0.4, -0.2) is 27.4 Å². The van der Waals surface area contributed by atoms with Gasteiger partial charge in [0.25, 0.3) is 0 Å². The van der Waals surface area contributed by atoms with Gasteiger partial charge in [0.05, 0.1) is 13.2 Å². The molecule has 0 aromatic rings. The van der Waals surface area contributed by atoms with Gasteiger partial charge in [-0.3, -0.25) is 0 Å². The van der Waals surface area contributed by atoms with E-state index in [4.69, 9.17) is 9.47 Å². The first-order valence-corrected chi connectivity index (χ1v) is 4.71. The average molecular weight is 186 g/mol. The highest BCUT2D eigenvalue weighted by Gasteiger charge is 2.32. The predicted octanol–water partition coefficient (Wildman–Crippen LogP) is 2.50. The van der Waals surface area contributed by atoms with Crippen molar-refractivity contribution in [1.82, 2.24) is 0 Å². The summed E-state index contributed by atoms with van der Waals surface area (Å²) in [6.07, 6.45) is 2.88. The van der Waals surface area contributed by atoms with Gasteiger partial charge in [0.15, 0.2) is 0 Å². The van der Waals surface area contributed by atoms with E-state index >= 15 is 0 Å². The van der Waals surface area contributed by atoms with Crippen LogP contribution in [0.1, 0.15) is 20.3 Å². The van der Waals surface area contributed by atoms with E-state index in [2.05, 4.69) is 20.4 Å². The van der Waals surface area contributed by atoms with Crippen LogP contribution in [0.2, 0.25) is 0 Å². The van der Waals surface area contributed by atoms with Crippen molar-refractivity contribution in [2.45, 2.75) is 20.3 Å². The van der Waals surface area contributed by atoms with E-state index in [-0.39, 0.29) is 5.41 Å². The van der Waals surface area contributed by atoms with Crippen molar-refractivity contribution in [2.75, 3.05) is 27.4 Å². The molecular formula is C11H22O2. The summed E-state index contributed by atoms with van der Waals surface area (Å²) in [7, 11) is 3.46. The van der Waals surface area contributed by atoms with Crippen molar-refractivity contribution in [3.8, 4) is 0 Å². The highest BCUT2D eigenvalue weighted by molar-refractivity contribution is 4.88. The molecule has 0 aliphatic carbocycles. The summed E-state index contributed by atoms with van der Waals surface area (Å²) in [5.41, 5.74) is 0.0885. The quantitative estimate of drug-likeness (QED) is 0.569. The molecule has 0 saturated carbocycles. The van der Waals surface area contributed by atoms with E-state index in [1.165, 1.54) is 0 Å². The maximum Gasteiger partial charge on any atom is 0.0546 e. The third kappa shape index (κ3) is 3.49. The molecule has 0 aliphatic rings. The zero-order valence-corrected chi connectivity index (χ0v) is 9.30. The minimum atomic E-state index is 0.0885. The lowest BCUT2D eigenvalue weighted by molar-refractivity contribution is -0.0183. The van der Waals surface area contributed by atoms with Gasteiger partial charge in [0.2, 0.25) is 0 Å². The third-order valence-corrected chi connectivity index (χ3v) is 2.64. The molecule has 2 heteroatoms. The van der Waals surface area contributed by atoms with Crippen LogP contribution in [0, 0.1) is 11.3 Å². The topological polar surface area (TPSA) is 18.5 Å². The molecule has 0 rings (SSSR count). The second-order valence-corrected chi connectivity index (χ2v) is 3.88. The Balaban J connectivity index is 4.47. The summed E-state index contributed by atoms with van der Waals surface area (Å²) in [5.74, 6) is 0.533. The zero-order valence-electron chi connectivity index (χ0n) is 9.30. The first-order valence-electron chi connectivity index (χ1n) is 4.71. The van der Waals surface area contributed by atoms with Crippen LogP contribution in [0.3, 0.4) is 0 Å². The maximum atomic E-state index is 5.25. The van der Waals surface area contributed by atoms with Crippen LogP contribution in [0.4, 0.5) is 0 Å². The fourth-order valence-electron chi connectivity index (χ4n) is 1.59. The van der Waals surface area contributed by atoms with E-state index < -0.39 is 0 Å². The Morgan fingerprint density at radius 3 is 1.92 bits per heavy atom. The molecular weight excluding hydrogens is 164 g/mol. The Bertz CT molecular complexity index is 135. The van der Waals surface area contributed by atoms with E-state index in [0.717, 1.165) is 19.6 Å². The summed E-state index contributed by atoms with van der Waals surface area (Å²) >= 11 is 0. The smallest absolute Gasteiger partial charge is 0.0546 e. The van der Waals surface area contributed by atoms with Crippen LogP contribution < -0.4 is 0 Å². The molecule has 0 amide bonds. The van der Waals surface area contributed by atoms with Crippen LogP contribution in [0.25, 0.3) is 0 Å². The Kier molecular flexibility index (Phi) is 6.00. The zero-order chi connectivity index (χ0) is 10.3. The second-order valence-electron chi connectivity index (χ2n) is 3.88. The van der Waals surface area contributed by atoms with Crippen molar-refractivity contribution >= 4 is 0 Å². The molecule has 0 atom stereocenters. The van der Waals surface area contributed by atoms with Gasteiger partial charge in [-0.05, 0) is 12.3 Å². The number of ether oxygens (including phenoxy) is 2. The number of allylic oxidation sites excluding steroid dienone is 1. The molecule has 13 heavy (non-hydrogen) atoms. The SMILES string of the molecule is C=CCC(COC)(COC)C(C)C. The second kappa shape index (κ2) is 6.17. The minimum Gasteiger partial charge on any atom is -0.384 e. The summed E-state index contributed by atoms with van der Waals surface area (Å²) in [4.78, 5) is 0. The summed E-state index contributed by atoms with van der Waals surface area (Å²) in [5, 5.41) is 0. The molecule has 0 fully saturated rings. The average Bonchev–Trinajstić information content (AvgIpc) is 2.05. The van der Waals surface area contributed by atoms with E-state index in [1.54, 1.807) is 14.2 Å². The fourth-order valence-corrected chi connectivity index (χ4v) is 1.59. The molecule has 0 aromatic carbocycles. The van der Waals surface area contributed by atoms with Crippen molar-refractivity contribution in [3.05, 3.63) is 12.7 Å². The molecule has 0 heterocycles. The standard InChI is InChI=1S/C11H22O2/c1-6-7-11(8-12-4,9-13-5)10(2)3/h6,10H,1,7-9H2,2-5H3. The Labute approximate surface area is 81.9 Å². The first kappa shape index (κ1) is 12.7. The van der Waals surface area contributed by atoms with E-state index in [0.29, 0.717) is 5.92 Å². The van der Waals surface area contributed by atoms with Gasteiger partial charge in [-0.25, -0.2) is 0 Å². The number of hydrogen-bond acceptors (Lipinski definition) is 2. The van der Waals surface area contributed by atoms with Gasteiger partial charge in [-0.15, -0.1) is 6.58 Å². The molecule has 78 valence electrons.